The van der Waals surface area contributed by atoms with Gasteiger partial charge in [0.2, 0.25) is 5.91 Å². The van der Waals surface area contributed by atoms with Crippen LogP contribution in [0.1, 0.15) is 42.7 Å². The first-order valence-corrected chi connectivity index (χ1v) is 11.5. The summed E-state index contributed by atoms with van der Waals surface area (Å²) in [7, 11) is -3.71. The Kier molecular flexibility index (Phi) is 5.65. The lowest BCUT2D eigenvalue weighted by Gasteiger charge is -2.18. The van der Waals surface area contributed by atoms with Crippen LogP contribution in [0.4, 0.5) is 5.69 Å². The Morgan fingerprint density at radius 2 is 1.94 bits per heavy atom. The van der Waals surface area contributed by atoms with E-state index in [0.717, 1.165) is 11.1 Å². The molecule has 0 saturated heterocycles. The van der Waals surface area contributed by atoms with Crippen LogP contribution in [-0.2, 0) is 14.8 Å². The SMILES string of the molecule is CCC(=O)N1N=C(c2cccc(NS(=O)(=O)c3ccc(C)cc3)c2)CC1c1ccco1. The Hall–Kier alpha value is -3.39. The van der Waals surface area contributed by atoms with E-state index in [4.69, 9.17) is 4.42 Å². The highest BCUT2D eigenvalue weighted by Gasteiger charge is 2.34. The summed E-state index contributed by atoms with van der Waals surface area (Å²) >= 11 is 0. The fraction of sp³-hybridized carbons (Fsp3) is 0.217. The van der Waals surface area contributed by atoms with Gasteiger partial charge in [0.25, 0.3) is 10.0 Å². The number of nitrogens with zero attached hydrogens (tertiary/aromatic N) is 2. The molecule has 2 heterocycles. The normalized spacial score (nSPS) is 16.3. The van der Waals surface area contributed by atoms with Crippen LogP contribution in [0, 0.1) is 6.92 Å². The molecular weight excluding hydrogens is 414 g/mol. The zero-order valence-electron chi connectivity index (χ0n) is 17.3. The topological polar surface area (TPSA) is 92.0 Å². The molecule has 7 nitrogen and oxygen atoms in total. The van der Waals surface area contributed by atoms with Gasteiger partial charge in [-0.25, -0.2) is 13.4 Å². The van der Waals surface area contributed by atoms with Gasteiger partial charge >= 0.3 is 0 Å². The minimum atomic E-state index is -3.71. The number of rotatable bonds is 6. The van der Waals surface area contributed by atoms with Gasteiger partial charge in [-0.05, 0) is 48.9 Å². The van der Waals surface area contributed by atoms with E-state index in [-0.39, 0.29) is 16.8 Å². The number of carbonyl (C=O) groups excluding carboxylic acids is 1. The lowest BCUT2D eigenvalue weighted by atomic mass is 10.0. The van der Waals surface area contributed by atoms with Crippen molar-refractivity contribution in [3.8, 4) is 0 Å². The van der Waals surface area contributed by atoms with Crippen LogP contribution >= 0.6 is 0 Å². The van der Waals surface area contributed by atoms with Crippen molar-refractivity contribution >= 4 is 27.3 Å². The molecule has 1 atom stereocenters. The molecule has 0 saturated carbocycles. The van der Waals surface area contributed by atoms with Gasteiger partial charge in [0.1, 0.15) is 11.8 Å². The molecule has 31 heavy (non-hydrogen) atoms. The summed E-state index contributed by atoms with van der Waals surface area (Å²) in [4.78, 5) is 12.6. The molecule has 2 aromatic carbocycles. The van der Waals surface area contributed by atoms with Crippen LogP contribution in [0.2, 0.25) is 0 Å². The van der Waals surface area contributed by atoms with Crippen molar-refractivity contribution in [3.05, 3.63) is 83.8 Å². The monoisotopic (exact) mass is 437 g/mol. The number of anilines is 1. The van der Waals surface area contributed by atoms with E-state index in [2.05, 4.69) is 9.82 Å². The molecule has 0 radical (unpaired) electrons. The quantitative estimate of drug-likeness (QED) is 0.616. The van der Waals surface area contributed by atoms with Crippen molar-refractivity contribution in [2.24, 2.45) is 5.10 Å². The van der Waals surface area contributed by atoms with Crippen molar-refractivity contribution in [3.63, 3.8) is 0 Å². The second-order valence-electron chi connectivity index (χ2n) is 7.37. The Labute approximate surface area is 181 Å². The van der Waals surface area contributed by atoms with Gasteiger partial charge in [-0.3, -0.25) is 9.52 Å². The molecule has 4 rings (SSSR count). The zero-order chi connectivity index (χ0) is 22.0. The predicted molar refractivity (Wildman–Crippen MR) is 118 cm³/mol. The Morgan fingerprint density at radius 1 is 1.16 bits per heavy atom. The highest BCUT2D eigenvalue weighted by atomic mass is 32.2. The van der Waals surface area contributed by atoms with Gasteiger partial charge < -0.3 is 4.42 Å². The third kappa shape index (κ3) is 4.39. The van der Waals surface area contributed by atoms with Crippen molar-refractivity contribution < 1.29 is 17.6 Å². The number of carbonyl (C=O) groups is 1. The van der Waals surface area contributed by atoms with Gasteiger partial charge in [0, 0.05) is 18.5 Å². The number of nitrogens with one attached hydrogen (secondary N) is 1. The number of sulfonamides is 1. The standard InChI is InChI=1S/C23H23N3O4S/c1-3-23(27)26-21(22-8-5-13-30-22)15-20(24-26)17-6-4-7-18(14-17)25-31(28,29)19-11-9-16(2)10-12-19/h4-14,21,25H,3,15H2,1-2H3. The molecule has 0 bridgehead atoms. The summed E-state index contributed by atoms with van der Waals surface area (Å²) in [5.74, 6) is 0.560. The maximum Gasteiger partial charge on any atom is 0.261 e. The number of hydrogen-bond donors (Lipinski definition) is 1. The predicted octanol–water partition coefficient (Wildman–Crippen LogP) is 4.48. The first-order chi connectivity index (χ1) is 14.9. The summed E-state index contributed by atoms with van der Waals surface area (Å²) < 4.78 is 33.6. The van der Waals surface area contributed by atoms with E-state index in [9.17, 15) is 13.2 Å². The number of hydrazone groups is 1. The molecule has 8 heteroatoms. The molecule has 1 aromatic heterocycles. The smallest absolute Gasteiger partial charge is 0.261 e. The van der Waals surface area contributed by atoms with Crippen molar-refractivity contribution in [2.75, 3.05) is 4.72 Å². The summed E-state index contributed by atoms with van der Waals surface area (Å²) in [5, 5.41) is 5.99. The highest BCUT2D eigenvalue weighted by Crippen LogP contribution is 2.34. The zero-order valence-corrected chi connectivity index (χ0v) is 18.1. The largest absolute Gasteiger partial charge is 0.467 e. The van der Waals surface area contributed by atoms with E-state index < -0.39 is 10.0 Å². The molecule has 0 fully saturated rings. The lowest BCUT2D eigenvalue weighted by Crippen LogP contribution is -2.25. The molecule has 160 valence electrons. The van der Waals surface area contributed by atoms with Crippen LogP contribution in [-0.4, -0.2) is 25.0 Å². The van der Waals surface area contributed by atoms with Gasteiger partial charge in [0.15, 0.2) is 0 Å². The van der Waals surface area contributed by atoms with Crippen molar-refractivity contribution in [2.45, 2.75) is 37.6 Å². The van der Waals surface area contributed by atoms with Gasteiger partial charge in [-0.1, -0.05) is 36.8 Å². The fourth-order valence-electron chi connectivity index (χ4n) is 3.47. The number of aryl methyl sites for hydroxylation is 1. The molecule has 1 N–H and O–H groups in total. The summed E-state index contributed by atoms with van der Waals surface area (Å²) in [6.07, 6.45) is 2.38. The van der Waals surface area contributed by atoms with E-state index in [1.54, 1.807) is 61.7 Å². The number of amides is 1. The van der Waals surface area contributed by atoms with E-state index in [1.807, 2.05) is 19.1 Å². The van der Waals surface area contributed by atoms with E-state index >= 15 is 0 Å². The summed E-state index contributed by atoms with van der Waals surface area (Å²) in [6, 6.07) is 17.0. The molecule has 1 amide bonds. The summed E-state index contributed by atoms with van der Waals surface area (Å²) in [5.41, 5.74) is 2.85. The van der Waals surface area contributed by atoms with Gasteiger partial charge in [-0.2, -0.15) is 5.10 Å². The highest BCUT2D eigenvalue weighted by molar-refractivity contribution is 7.92. The third-order valence-corrected chi connectivity index (χ3v) is 6.52. The molecule has 1 unspecified atom stereocenters. The second-order valence-corrected chi connectivity index (χ2v) is 9.06. The first kappa shape index (κ1) is 20.9. The average molecular weight is 438 g/mol. The maximum atomic E-state index is 12.7. The number of furan rings is 1. The van der Waals surface area contributed by atoms with Crippen LogP contribution in [0.3, 0.4) is 0 Å². The van der Waals surface area contributed by atoms with Crippen LogP contribution in [0.5, 0.6) is 0 Å². The molecule has 0 aliphatic carbocycles. The average Bonchev–Trinajstić information content (AvgIpc) is 3.43. The summed E-state index contributed by atoms with van der Waals surface area (Å²) in [6.45, 7) is 3.69. The van der Waals surface area contributed by atoms with E-state index in [0.29, 0.717) is 30.0 Å². The van der Waals surface area contributed by atoms with Crippen LogP contribution in [0.25, 0.3) is 0 Å². The first-order valence-electron chi connectivity index (χ1n) is 10.0. The second kappa shape index (κ2) is 8.39. The minimum Gasteiger partial charge on any atom is -0.467 e. The Morgan fingerprint density at radius 3 is 2.61 bits per heavy atom. The van der Waals surface area contributed by atoms with Gasteiger partial charge in [-0.15, -0.1) is 0 Å². The fourth-order valence-corrected chi connectivity index (χ4v) is 4.52. The molecule has 0 spiro atoms. The molecular formula is C23H23N3O4S. The van der Waals surface area contributed by atoms with Crippen molar-refractivity contribution in [1.82, 2.24) is 5.01 Å². The third-order valence-electron chi connectivity index (χ3n) is 5.12. The minimum absolute atomic E-state index is 0.104. The number of hydrogen-bond acceptors (Lipinski definition) is 5. The van der Waals surface area contributed by atoms with E-state index in [1.165, 1.54) is 5.01 Å². The Bertz CT molecular complexity index is 1220. The van der Waals surface area contributed by atoms with Crippen LogP contribution < -0.4 is 4.72 Å². The lowest BCUT2D eigenvalue weighted by molar-refractivity contribution is -0.133. The van der Waals surface area contributed by atoms with Crippen LogP contribution in [0.15, 0.2) is 81.3 Å². The number of benzene rings is 2. The molecule has 1 aliphatic rings. The van der Waals surface area contributed by atoms with Gasteiger partial charge in [0.05, 0.1) is 16.9 Å². The molecule has 1 aliphatic heterocycles. The maximum absolute atomic E-state index is 12.7. The van der Waals surface area contributed by atoms with Crippen molar-refractivity contribution in [1.29, 1.82) is 0 Å². The molecule has 3 aromatic rings. The Balaban J connectivity index is 1.60.